The second-order valence-electron chi connectivity index (χ2n) is 4.57. The highest BCUT2D eigenvalue weighted by molar-refractivity contribution is 5.88. The second-order valence-corrected chi connectivity index (χ2v) is 4.57. The van der Waals surface area contributed by atoms with Crippen molar-refractivity contribution < 1.29 is 27.1 Å². The summed E-state index contributed by atoms with van der Waals surface area (Å²) in [5.74, 6) is -4.96. The molecule has 0 heterocycles. The fourth-order valence-electron chi connectivity index (χ4n) is 1.70. The molecule has 2 nitrogen and oxygen atoms in total. The molecular formula is C12H20F4O2. The summed E-state index contributed by atoms with van der Waals surface area (Å²) in [6.07, 6.45) is -3.43. The van der Waals surface area contributed by atoms with Gasteiger partial charge in [-0.2, -0.15) is 8.78 Å². The molecule has 0 saturated carbocycles. The van der Waals surface area contributed by atoms with E-state index in [1.54, 1.807) is 27.7 Å². The number of ketones is 1. The Labute approximate surface area is 105 Å². The maximum Gasteiger partial charge on any atom is 0.330 e. The molecule has 0 saturated heterocycles. The lowest BCUT2D eigenvalue weighted by Crippen LogP contribution is -2.47. The average molecular weight is 272 g/mol. The van der Waals surface area contributed by atoms with E-state index >= 15 is 0 Å². The third kappa shape index (κ3) is 3.93. The SMILES string of the molecule is CCC(CC)(OCC(F)(F)C(F)F)C(=O)C(C)C. The van der Waals surface area contributed by atoms with Gasteiger partial charge in [0.1, 0.15) is 12.2 Å². The van der Waals surface area contributed by atoms with Gasteiger partial charge in [-0.3, -0.25) is 4.79 Å². The van der Waals surface area contributed by atoms with Crippen molar-refractivity contribution in [2.24, 2.45) is 5.92 Å². The lowest BCUT2D eigenvalue weighted by molar-refractivity contribution is -0.199. The number of halogens is 4. The van der Waals surface area contributed by atoms with Crippen LogP contribution in [0.5, 0.6) is 0 Å². The quantitative estimate of drug-likeness (QED) is 0.630. The molecule has 0 aliphatic rings. The monoisotopic (exact) mass is 272 g/mol. The summed E-state index contributed by atoms with van der Waals surface area (Å²) in [4.78, 5) is 12.0. The summed E-state index contributed by atoms with van der Waals surface area (Å²) < 4.78 is 54.6. The molecule has 0 aromatic heterocycles. The van der Waals surface area contributed by atoms with E-state index in [2.05, 4.69) is 0 Å². The van der Waals surface area contributed by atoms with Gasteiger partial charge in [0.15, 0.2) is 5.78 Å². The first-order valence-corrected chi connectivity index (χ1v) is 5.97. The summed E-state index contributed by atoms with van der Waals surface area (Å²) in [6, 6.07) is 0. The Kier molecular flexibility index (Phi) is 6.26. The Morgan fingerprint density at radius 1 is 1.17 bits per heavy atom. The largest absolute Gasteiger partial charge is 0.361 e. The predicted octanol–water partition coefficient (Wildman–Crippen LogP) is 3.69. The number of alkyl halides is 4. The molecule has 0 aromatic rings. The Hall–Kier alpha value is -0.650. The van der Waals surface area contributed by atoms with Gasteiger partial charge in [-0.15, -0.1) is 0 Å². The maximum atomic E-state index is 12.8. The fraction of sp³-hybridized carbons (Fsp3) is 0.917. The zero-order valence-electron chi connectivity index (χ0n) is 11.1. The van der Waals surface area contributed by atoms with E-state index in [1.165, 1.54) is 0 Å². The lowest BCUT2D eigenvalue weighted by Gasteiger charge is -2.33. The minimum absolute atomic E-state index is 0.180. The third-order valence-electron chi connectivity index (χ3n) is 2.98. The molecule has 0 aromatic carbocycles. The number of carbonyl (C=O) groups is 1. The molecule has 0 aliphatic carbocycles. The molecular weight excluding hydrogens is 252 g/mol. The van der Waals surface area contributed by atoms with Gasteiger partial charge in [-0.1, -0.05) is 27.7 Å². The van der Waals surface area contributed by atoms with Crippen LogP contribution in [0.4, 0.5) is 17.6 Å². The molecule has 6 heteroatoms. The van der Waals surface area contributed by atoms with Crippen molar-refractivity contribution in [2.45, 2.75) is 58.5 Å². The van der Waals surface area contributed by atoms with Crippen LogP contribution in [0.15, 0.2) is 0 Å². The molecule has 0 amide bonds. The van der Waals surface area contributed by atoms with Crippen LogP contribution in [0.1, 0.15) is 40.5 Å². The van der Waals surface area contributed by atoms with E-state index in [1.807, 2.05) is 0 Å². The lowest BCUT2D eigenvalue weighted by atomic mass is 9.86. The Balaban J connectivity index is 4.89. The van der Waals surface area contributed by atoms with E-state index in [4.69, 9.17) is 4.74 Å². The molecule has 0 radical (unpaired) electrons. The zero-order chi connectivity index (χ0) is 14.6. The van der Waals surface area contributed by atoms with Crippen LogP contribution in [0.3, 0.4) is 0 Å². The Morgan fingerprint density at radius 2 is 1.61 bits per heavy atom. The van der Waals surface area contributed by atoms with Crippen LogP contribution in [0.2, 0.25) is 0 Å². The van der Waals surface area contributed by atoms with Gasteiger partial charge in [0.25, 0.3) is 0 Å². The number of rotatable bonds is 8. The molecule has 0 fully saturated rings. The van der Waals surface area contributed by atoms with Crippen LogP contribution >= 0.6 is 0 Å². The minimum Gasteiger partial charge on any atom is -0.361 e. The standard InChI is InChI=1S/C12H20F4O2/c1-5-11(6-2,9(17)8(3)4)18-7-12(15,16)10(13)14/h8,10H,5-7H2,1-4H3. The highest BCUT2D eigenvalue weighted by Gasteiger charge is 2.45. The molecule has 18 heavy (non-hydrogen) atoms. The first kappa shape index (κ1) is 17.4. The van der Waals surface area contributed by atoms with Crippen molar-refractivity contribution >= 4 is 5.78 Å². The van der Waals surface area contributed by atoms with Crippen LogP contribution in [0, 0.1) is 5.92 Å². The molecule has 0 spiro atoms. The molecule has 0 rings (SSSR count). The van der Waals surface area contributed by atoms with E-state index in [0.717, 1.165) is 0 Å². The summed E-state index contributed by atoms with van der Waals surface area (Å²) in [5, 5.41) is 0. The van der Waals surface area contributed by atoms with Gasteiger partial charge in [0, 0.05) is 5.92 Å². The number of ether oxygens (including phenoxy) is 1. The van der Waals surface area contributed by atoms with Crippen molar-refractivity contribution in [3.8, 4) is 0 Å². The first-order valence-electron chi connectivity index (χ1n) is 5.97. The van der Waals surface area contributed by atoms with Gasteiger partial charge in [-0.25, -0.2) is 8.78 Å². The summed E-state index contributed by atoms with van der Waals surface area (Å²) in [7, 11) is 0. The third-order valence-corrected chi connectivity index (χ3v) is 2.98. The van der Waals surface area contributed by atoms with Crippen LogP contribution < -0.4 is 0 Å². The van der Waals surface area contributed by atoms with Crippen LogP contribution in [-0.4, -0.2) is 30.3 Å². The van der Waals surface area contributed by atoms with Crippen LogP contribution in [-0.2, 0) is 9.53 Å². The van der Waals surface area contributed by atoms with Gasteiger partial charge in [-0.05, 0) is 12.8 Å². The predicted molar refractivity (Wildman–Crippen MR) is 60.1 cm³/mol. The average Bonchev–Trinajstić information content (AvgIpc) is 2.30. The highest BCUT2D eigenvalue weighted by Crippen LogP contribution is 2.30. The van der Waals surface area contributed by atoms with E-state index in [9.17, 15) is 22.4 Å². The van der Waals surface area contributed by atoms with Crippen molar-refractivity contribution in [3.63, 3.8) is 0 Å². The fourth-order valence-corrected chi connectivity index (χ4v) is 1.70. The minimum atomic E-state index is -4.23. The van der Waals surface area contributed by atoms with Crippen LogP contribution in [0.25, 0.3) is 0 Å². The van der Waals surface area contributed by atoms with E-state index < -0.39 is 30.5 Å². The van der Waals surface area contributed by atoms with E-state index in [-0.39, 0.29) is 18.6 Å². The van der Waals surface area contributed by atoms with Gasteiger partial charge in [0.05, 0.1) is 0 Å². The normalized spacial score (nSPS) is 13.4. The Morgan fingerprint density at radius 3 is 1.89 bits per heavy atom. The second kappa shape index (κ2) is 6.50. The first-order chi connectivity index (χ1) is 8.13. The number of hydrogen-bond acceptors (Lipinski definition) is 2. The molecule has 0 N–H and O–H groups in total. The van der Waals surface area contributed by atoms with Gasteiger partial charge >= 0.3 is 12.3 Å². The smallest absolute Gasteiger partial charge is 0.330 e. The summed E-state index contributed by atoms with van der Waals surface area (Å²) in [5.41, 5.74) is -1.40. The number of carbonyl (C=O) groups excluding carboxylic acids is 1. The molecule has 0 unspecified atom stereocenters. The molecule has 108 valence electrons. The van der Waals surface area contributed by atoms with Gasteiger partial charge in [0.2, 0.25) is 0 Å². The number of hydrogen-bond donors (Lipinski definition) is 0. The van der Waals surface area contributed by atoms with Gasteiger partial charge < -0.3 is 4.74 Å². The van der Waals surface area contributed by atoms with E-state index in [0.29, 0.717) is 0 Å². The topological polar surface area (TPSA) is 26.3 Å². The summed E-state index contributed by atoms with van der Waals surface area (Å²) in [6.45, 7) is 5.04. The molecule has 0 aliphatic heterocycles. The highest BCUT2D eigenvalue weighted by atomic mass is 19.3. The molecule has 0 bridgehead atoms. The maximum absolute atomic E-state index is 12.8. The zero-order valence-corrected chi connectivity index (χ0v) is 11.1. The summed E-state index contributed by atoms with van der Waals surface area (Å²) >= 11 is 0. The van der Waals surface area contributed by atoms with Crippen molar-refractivity contribution in [2.75, 3.05) is 6.61 Å². The number of Topliss-reactive ketones (excluding diaryl/α,β-unsaturated/α-hetero) is 1. The van der Waals surface area contributed by atoms with Crippen molar-refractivity contribution in [3.05, 3.63) is 0 Å². The van der Waals surface area contributed by atoms with Crippen molar-refractivity contribution in [1.29, 1.82) is 0 Å². The Bertz CT molecular complexity index is 273. The van der Waals surface area contributed by atoms with Crippen molar-refractivity contribution in [1.82, 2.24) is 0 Å². The molecule has 0 atom stereocenters.